The zero-order valence-corrected chi connectivity index (χ0v) is 16.3. The van der Waals surface area contributed by atoms with Crippen LogP contribution in [0, 0.1) is 11.8 Å². The highest BCUT2D eigenvalue weighted by Gasteiger charge is 2.47. The number of esters is 4. The molecule has 3 rings (SSSR count). The number of aliphatic hydroxyl groups is 1. The molecule has 2 aliphatic heterocycles. The third-order valence-electron chi connectivity index (χ3n) is 5.83. The highest BCUT2D eigenvalue weighted by molar-refractivity contribution is 6.15. The van der Waals surface area contributed by atoms with Gasteiger partial charge in [0.2, 0.25) is 0 Å². The van der Waals surface area contributed by atoms with Crippen LogP contribution in [0.2, 0.25) is 0 Å². The lowest BCUT2D eigenvalue weighted by Crippen LogP contribution is -2.29. The van der Waals surface area contributed by atoms with E-state index in [0.717, 1.165) is 25.7 Å². The highest BCUT2D eigenvalue weighted by Crippen LogP contribution is 2.44. The third kappa shape index (κ3) is 3.68. The van der Waals surface area contributed by atoms with Crippen molar-refractivity contribution in [3.8, 4) is 0 Å². The smallest absolute Gasteiger partial charge is 0.342 e. The van der Waals surface area contributed by atoms with Gasteiger partial charge in [-0.1, -0.05) is 39.5 Å². The predicted octanol–water partition coefficient (Wildman–Crippen LogP) is 2.51. The molecule has 3 aliphatic rings. The highest BCUT2D eigenvalue weighted by atomic mass is 16.6. The summed E-state index contributed by atoms with van der Waals surface area (Å²) >= 11 is 0. The van der Waals surface area contributed by atoms with Crippen LogP contribution in [0.1, 0.15) is 65.2 Å². The first kappa shape index (κ1) is 20.5. The first-order valence-electron chi connectivity index (χ1n) is 10.1. The Morgan fingerprint density at radius 2 is 1.43 bits per heavy atom. The number of aliphatic hydroxyl groups excluding tert-OH is 1. The maximum atomic E-state index is 12.4. The Kier molecular flexibility index (Phi) is 6.13. The van der Waals surface area contributed by atoms with E-state index in [0.29, 0.717) is 18.4 Å². The molecule has 7 nitrogen and oxygen atoms in total. The maximum Gasteiger partial charge on any atom is 0.342 e. The zero-order chi connectivity index (χ0) is 20.4. The average molecular weight is 390 g/mol. The molecule has 0 spiro atoms. The third-order valence-corrected chi connectivity index (χ3v) is 5.83. The van der Waals surface area contributed by atoms with Crippen molar-refractivity contribution in [1.82, 2.24) is 0 Å². The molecule has 0 radical (unpaired) electrons. The Hall–Kier alpha value is -2.28. The minimum absolute atomic E-state index is 0.00533. The summed E-state index contributed by atoms with van der Waals surface area (Å²) in [6.07, 6.45) is 3.50. The number of ether oxygens (including phenoxy) is 2. The number of cyclic esters (lactones) is 4. The van der Waals surface area contributed by atoms with Gasteiger partial charge in [0.05, 0.1) is 17.3 Å². The van der Waals surface area contributed by atoms with Crippen LogP contribution in [0.15, 0.2) is 22.3 Å². The molecule has 0 amide bonds. The lowest BCUT2D eigenvalue weighted by atomic mass is 9.75. The van der Waals surface area contributed by atoms with Crippen molar-refractivity contribution in [2.24, 2.45) is 11.8 Å². The van der Waals surface area contributed by atoms with Crippen molar-refractivity contribution in [2.75, 3.05) is 0 Å². The summed E-state index contributed by atoms with van der Waals surface area (Å²) in [5, 5.41) is 10.7. The molecule has 0 unspecified atom stereocenters. The van der Waals surface area contributed by atoms with E-state index in [9.17, 15) is 24.3 Å². The largest absolute Gasteiger partial charge is 0.392 e. The standard InChI is InChI=1S/C21H26O7/c1-3-5-7-11-9-13-17(21(26)28-18(13)23)12(15(22)8-6-4-2)10-14-16(11)20(25)27-19(14)24/h11-12,15,22H,3-10H2,1-2H3/t11-,12+,15+/m0/s1. The number of hydrogen-bond donors (Lipinski definition) is 1. The lowest BCUT2D eigenvalue weighted by molar-refractivity contribution is -0.154. The Morgan fingerprint density at radius 3 is 2.04 bits per heavy atom. The summed E-state index contributed by atoms with van der Waals surface area (Å²) in [7, 11) is 0. The van der Waals surface area contributed by atoms with Gasteiger partial charge in [0.25, 0.3) is 0 Å². The minimum atomic E-state index is -0.923. The van der Waals surface area contributed by atoms with E-state index in [1.165, 1.54) is 0 Å². The van der Waals surface area contributed by atoms with Crippen molar-refractivity contribution in [2.45, 2.75) is 71.3 Å². The Morgan fingerprint density at radius 1 is 0.857 bits per heavy atom. The summed E-state index contributed by atoms with van der Waals surface area (Å²) in [5.74, 6) is -4.00. The molecule has 0 bridgehead atoms. The van der Waals surface area contributed by atoms with Crippen LogP contribution < -0.4 is 0 Å². The average Bonchev–Trinajstić information content (AvgIpc) is 3.06. The first-order valence-corrected chi connectivity index (χ1v) is 10.1. The number of rotatable bonds is 7. The summed E-state index contributed by atoms with van der Waals surface area (Å²) in [5.41, 5.74) is 0.911. The quantitative estimate of drug-likeness (QED) is 0.526. The molecule has 7 heteroatoms. The molecule has 152 valence electrons. The second-order valence-electron chi connectivity index (χ2n) is 7.70. The minimum Gasteiger partial charge on any atom is -0.392 e. The van der Waals surface area contributed by atoms with Gasteiger partial charge in [-0.15, -0.1) is 0 Å². The van der Waals surface area contributed by atoms with Crippen LogP contribution in [-0.4, -0.2) is 35.1 Å². The van der Waals surface area contributed by atoms with Crippen molar-refractivity contribution < 1.29 is 33.8 Å². The van der Waals surface area contributed by atoms with Crippen LogP contribution in [-0.2, 0) is 28.7 Å². The van der Waals surface area contributed by atoms with E-state index in [1.807, 2.05) is 13.8 Å². The molecule has 0 saturated heterocycles. The monoisotopic (exact) mass is 390 g/mol. The summed E-state index contributed by atoms with van der Waals surface area (Å²) in [6, 6.07) is 0. The fourth-order valence-electron chi connectivity index (χ4n) is 4.35. The van der Waals surface area contributed by atoms with E-state index in [-0.39, 0.29) is 35.5 Å². The predicted molar refractivity (Wildman–Crippen MR) is 97.5 cm³/mol. The topological polar surface area (TPSA) is 107 Å². The Bertz CT molecular complexity index is 774. The van der Waals surface area contributed by atoms with Crippen LogP contribution in [0.25, 0.3) is 0 Å². The second-order valence-corrected chi connectivity index (χ2v) is 7.70. The van der Waals surface area contributed by atoms with Gasteiger partial charge in [-0.25, -0.2) is 19.2 Å². The molecule has 0 aromatic rings. The van der Waals surface area contributed by atoms with Gasteiger partial charge < -0.3 is 14.6 Å². The number of carbonyl (C=O) groups excluding carboxylic acids is 4. The van der Waals surface area contributed by atoms with Crippen LogP contribution in [0.3, 0.4) is 0 Å². The lowest BCUT2D eigenvalue weighted by Gasteiger charge is -2.27. The molecule has 0 aromatic heterocycles. The molecule has 1 N–H and O–H groups in total. The molecule has 3 atom stereocenters. The van der Waals surface area contributed by atoms with Crippen LogP contribution in [0.5, 0.6) is 0 Å². The van der Waals surface area contributed by atoms with Gasteiger partial charge in [-0.2, -0.15) is 0 Å². The number of carbonyl (C=O) groups is 4. The van der Waals surface area contributed by atoms with Gasteiger partial charge >= 0.3 is 23.9 Å². The Balaban J connectivity index is 2.07. The van der Waals surface area contributed by atoms with Crippen molar-refractivity contribution in [3.05, 3.63) is 22.3 Å². The molecular formula is C21H26O7. The van der Waals surface area contributed by atoms with Crippen molar-refractivity contribution >= 4 is 23.9 Å². The van der Waals surface area contributed by atoms with Gasteiger partial charge in [-0.05, 0) is 31.6 Å². The van der Waals surface area contributed by atoms with Gasteiger partial charge in [0.1, 0.15) is 0 Å². The maximum absolute atomic E-state index is 12.4. The van der Waals surface area contributed by atoms with Crippen molar-refractivity contribution in [1.29, 1.82) is 0 Å². The SMILES string of the molecule is CCCC[C@H]1CC2=C(C(=O)OC2=O)[C@@H]([C@H](O)CCCC)CC2=C1C(=O)OC2=O. The summed E-state index contributed by atoms with van der Waals surface area (Å²) in [6.45, 7) is 3.99. The van der Waals surface area contributed by atoms with E-state index in [2.05, 4.69) is 0 Å². The molecule has 28 heavy (non-hydrogen) atoms. The van der Waals surface area contributed by atoms with E-state index >= 15 is 0 Å². The van der Waals surface area contributed by atoms with Gasteiger partial charge in [-0.3, -0.25) is 0 Å². The van der Waals surface area contributed by atoms with E-state index < -0.39 is 35.9 Å². The second kappa shape index (κ2) is 8.39. The van der Waals surface area contributed by atoms with Crippen molar-refractivity contribution in [3.63, 3.8) is 0 Å². The summed E-state index contributed by atoms with van der Waals surface area (Å²) in [4.78, 5) is 49.5. The van der Waals surface area contributed by atoms with E-state index in [1.54, 1.807) is 0 Å². The van der Waals surface area contributed by atoms with Gasteiger partial charge in [0.15, 0.2) is 0 Å². The molecule has 0 aromatic carbocycles. The van der Waals surface area contributed by atoms with Crippen LogP contribution >= 0.6 is 0 Å². The normalized spacial score (nSPS) is 26.0. The number of unbranched alkanes of at least 4 members (excludes halogenated alkanes) is 2. The molecule has 1 aliphatic carbocycles. The van der Waals surface area contributed by atoms with Crippen LogP contribution in [0.4, 0.5) is 0 Å². The molecule has 2 heterocycles. The zero-order valence-electron chi connectivity index (χ0n) is 16.3. The number of hydrogen-bond acceptors (Lipinski definition) is 7. The fourth-order valence-corrected chi connectivity index (χ4v) is 4.35. The molecule has 0 saturated carbocycles. The summed E-state index contributed by atoms with van der Waals surface area (Å²) < 4.78 is 9.71. The molecule has 0 fully saturated rings. The molecular weight excluding hydrogens is 364 g/mol. The van der Waals surface area contributed by atoms with E-state index in [4.69, 9.17) is 9.47 Å². The van der Waals surface area contributed by atoms with Gasteiger partial charge in [0, 0.05) is 17.1 Å². The fraction of sp³-hybridized carbons (Fsp3) is 0.619. The first-order chi connectivity index (χ1) is 13.4. The Labute approximate surface area is 163 Å².